The van der Waals surface area contributed by atoms with Crippen molar-refractivity contribution < 1.29 is 14.3 Å². The van der Waals surface area contributed by atoms with E-state index in [1.54, 1.807) is 42.5 Å². The molecule has 4 heteroatoms. The molecule has 0 aliphatic carbocycles. The van der Waals surface area contributed by atoms with Gasteiger partial charge in [-0.05, 0) is 36.4 Å². The highest BCUT2D eigenvalue weighted by atomic mass is 35.5. The van der Waals surface area contributed by atoms with E-state index in [1.165, 1.54) is 13.2 Å². The molecule has 0 spiro atoms. The van der Waals surface area contributed by atoms with E-state index in [9.17, 15) is 9.59 Å². The molecule has 0 N–H and O–H groups in total. The quantitative estimate of drug-likeness (QED) is 0.637. The SMILES string of the molecule is COC(=O)c1cccc(C(=O)c2ccc(Cl)cc2)c1. The summed E-state index contributed by atoms with van der Waals surface area (Å²) in [6.07, 6.45) is 0. The molecule has 2 aromatic carbocycles. The van der Waals surface area contributed by atoms with Gasteiger partial charge in [-0.2, -0.15) is 0 Å². The lowest BCUT2D eigenvalue weighted by Crippen LogP contribution is -2.05. The molecule has 0 amide bonds. The maximum atomic E-state index is 12.2. The molecule has 0 atom stereocenters. The van der Waals surface area contributed by atoms with Crippen molar-refractivity contribution in [3.05, 3.63) is 70.2 Å². The second kappa shape index (κ2) is 5.67. The summed E-state index contributed by atoms with van der Waals surface area (Å²) in [7, 11) is 1.30. The Morgan fingerprint density at radius 3 is 2.21 bits per heavy atom. The Kier molecular flexibility index (Phi) is 3.97. The van der Waals surface area contributed by atoms with E-state index in [0.29, 0.717) is 21.7 Å². The lowest BCUT2D eigenvalue weighted by molar-refractivity contribution is 0.0600. The van der Waals surface area contributed by atoms with Crippen LogP contribution in [0.1, 0.15) is 26.3 Å². The molecule has 0 aliphatic heterocycles. The van der Waals surface area contributed by atoms with E-state index in [-0.39, 0.29) is 5.78 Å². The van der Waals surface area contributed by atoms with Gasteiger partial charge in [-0.3, -0.25) is 4.79 Å². The summed E-state index contributed by atoms with van der Waals surface area (Å²) in [5, 5.41) is 0.569. The monoisotopic (exact) mass is 274 g/mol. The predicted octanol–water partition coefficient (Wildman–Crippen LogP) is 3.36. The first kappa shape index (κ1) is 13.3. The third-order valence-corrected chi connectivity index (χ3v) is 2.90. The molecular weight excluding hydrogens is 264 g/mol. The minimum atomic E-state index is -0.467. The fourth-order valence-electron chi connectivity index (χ4n) is 1.67. The molecular formula is C15H11ClO3. The Morgan fingerprint density at radius 2 is 1.58 bits per heavy atom. The lowest BCUT2D eigenvalue weighted by Gasteiger charge is -2.04. The number of ether oxygens (including phenoxy) is 1. The van der Waals surface area contributed by atoms with Crippen molar-refractivity contribution in [1.29, 1.82) is 0 Å². The molecule has 0 bridgehead atoms. The van der Waals surface area contributed by atoms with Gasteiger partial charge in [0.05, 0.1) is 12.7 Å². The van der Waals surface area contributed by atoms with Crippen molar-refractivity contribution in [2.45, 2.75) is 0 Å². The van der Waals surface area contributed by atoms with Gasteiger partial charge in [0, 0.05) is 16.1 Å². The maximum absolute atomic E-state index is 12.2. The molecule has 2 rings (SSSR count). The molecule has 0 saturated carbocycles. The predicted molar refractivity (Wildman–Crippen MR) is 72.7 cm³/mol. The number of halogens is 1. The summed E-state index contributed by atoms with van der Waals surface area (Å²) in [4.78, 5) is 23.6. The average Bonchev–Trinajstić information content (AvgIpc) is 2.46. The van der Waals surface area contributed by atoms with Gasteiger partial charge in [0.2, 0.25) is 0 Å². The van der Waals surface area contributed by atoms with Gasteiger partial charge < -0.3 is 4.74 Å². The lowest BCUT2D eigenvalue weighted by atomic mass is 10.0. The summed E-state index contributed by atoms with van der Waals surface area (Å²) < 4.78 is 4.62. The highest BCUT2D eigenvalue weighted by Gasteiger charge is 2.12. The average molecular weight is 275 g/mol. The van der Waals surface area contributed by atoms with Crippen molar-refractivity contribution in [2.24, 2.45) is 0 Å². The zero-order valence-electron chi connectivity index (χ0n) is 10.2. The molecule has 96 valence electrons. The molecule has 3 nitrogen and oxygen atoms in total. The third kappa shape index (κ3) is 3.01. The maximum Gasteiger partial charge on any atom is 0.337 e. The van der Waals surface area contributed by atoms with E-state index in [2.05, 4.69) is 4.74 Å². The van der Waals surface area contributed by atoms with Crippen molar-refractivity contribution in [3.8, 4) is 0 Å². The van der Waals surface area contributed by atoms with Crippen LogP contribution in [0.3, 0.4) is 0 Å². The fourth-order valence-corrected chi connectivity index (χ4v) is 1.80. The fraction of sp³-hybridized carbons (Fsp3) is 0.0667. The Labute approximate surface area is 115 Å². The first-order valence-electron chi connectivity index (χ1n) is 5.60. The normalized spacial score (nSPS) is 10.0. The van der Waals surface area contributed by atoms with Crippen LogP contribution in [0.5, 0.6) is 0 Å². The van der Waals surface area contributed by atoms with Crippen LogP contribution in [-0.2, 0) is 4.74 Å². The molecule has 0 aliphatic rings. The number of hydrogen-bond donors (Lipinski definition) is 0. The summed E-state index contributed by atoms with van der Waals surface area (Å²) in [5.74, 6) is -0.631. The topological polar surface area (TPSA) is 43.4 Å². The zero-order valence-corrected chi connectivity index (χ0v) is 11.0. The van der Waals surface area contributed by atoms with Crippen LogP contribution >= 0.6 is 11.6 Å². The number of methoxy groups -OCH3 is 1. The number of rotatable bonds is 3. The summed E-state index contributed by atoms with van der Waals surface area (Å²) in [6.45, 7) is 0. The first-order chi connectivity index (χ1) is 9.11. The Morgan fingerprint density at radius 1 is 0.947 bits per heavy atom. The van der Waals surface area contributed by atoms with Crippen molar-refractivity contribution >= 4 is 23.4 Å². The van der Waals surface area contributed by atoms with Crippen LogP contribution in [0, 0.1) is 0 Å². The minimum absolute atomic E-state index is 0.164. The molecule has 0 aromatic heterocycles. The zero-order chi connectivity index (χ0) is 13.8. The minimum Gasteiger partial charge on any atom is -0.465 e. The summed E-state index contributed by atoms with van der Waals surface area (Å²) in [6, 6.07) is 13.0. The highest BCUT2D eigenvalue weighted by molar-refractivity contribution is 6.30. The molecule has 19 heavy (non-hydrogen) atoms. The number of esters is 1. The highest BCUT2D eigenvalue weighted by Crippen LogP contribution is 2.15. The van der Waals surface area contributed by atoms with Crippen LogP contribution in [0.15, 0.2) is 48.5 Å². The van der Waals surface area contributed by atoms with Crippen LogP contribution in [0.25, 0.3) is 0 Å². The van der Waals surface area contributed by atoms with Crippen molar-refractivity contribution in [2.75, 3.05) is 7.11 Å². The molecule has 0 radical (unpaired) electrons. The number of carbonyl (C=O) groups excluding carboxylic acids is 2. The van der Waals surface area contributed by atoms with Gasteiger partial charge in [-0.25, -0.2) is 4.79 Å². The first-order valence-corrected chi connectivity index (χ1v) is 5.98. The van der Waals surface area contributed by atoms with Gasteiger partial charge in [0.1, 0.15) is 0 Å². The van der Waals surface area contributed by atoms with Gasteiger partial charge in [0.25, 0.3) is 0 Å². The number of hydrogen-bond acceptors (Lipinski definition) is 3. The Hall–Kier alpha value is -2.13. The number of ketones is 1. The van der Waals surface area contributed by atoms with Crippen molar-refractivity contribution in [1.82, 2.24) is 0 Å². The van der Waals surface area contributed by atoms with Crippen LogP contribution in [0.4, 0.5) is 0 Å². The van der Waals surface area contributed by atoms with Crippen LogP contribution in [0.2, 0.25) is 5.02 Å². The van der Waals surface area contributed by atoms with Gasteiger partial charge in [-0.1, -0.05) is 23.7 Å². The van der Waals surface area contributed by atoms with Crippen LogP contribution in [-0.4, -0.2) is 18.9 Å². The smallest absolute Gasteiger partial charge is 0.337 e. The largest absolute Gasteiger partial charge is 0.465 e. The Balaban J connectivity index is 2.34. The van der Waals surface area contributed by atoms with Gasteiger partial charge in [0.15, 0.2) is 5.78 Å². The number of carbonyl (C=O) groups is 2. The molecule has 0 saturated heterocycles. The number of benzene rings is 2. The summed E-state index contributed by atoms with van der Waals surface area (Å²) >= 11 is 5.78. The molecule has 0 fully saturated rings. The molecule has 0 heterocycles. The molecule has 0 unspecified atom stereocenters. The summed E-state index contributed by atoms with van der Waals surface area (Å²) in [5.41, 5.74) is 1.30. The van der Waals surface area contributed by atoms with E-state index in [1.807, 2.05) is 0 Å². The molecule has 2 aromatic rings. The standard InChI is InChI=1S/C15H11ClO3/c1-19-15(18)12-4-2-3-11(9-12)14(17)10-5-7-13(16)8-6-10/h2-9H,1H3. The van der Waals surface area contributed by atoms with Crippen molar-refractivity contribution in [3.63, 3.8) is 0 Å². The van der Waals surface area contributed by atoms with E-state index in [0.717, 1.165) is 0 Å². The van der Waals surface area contributed by atoms with E-state index < -0.39 is 5.97 Å². The van der Waals surface area contributed by atoms with Gasteiger partial charge in [-0.15, -0.1) is 0 Å². The third-order valence-electron chi connectivity index (χ3n) is 2.65. The van der Waals surface area contributed by atoms with E-state index >= 15 is 0 Å². The van der Waals surface area contributed by atoms with E-state index in [4.69, 9.17) is 11.6 Å². The van der Waals surface area contributed by atoms with Crippen LogP contribution < -0.4 is 0 Å². The van der Waals surface area contributed by atoms with Gasteiger partial charge >= 0.3 is 5.97 Å². The Bertz CT molecular complexity index is 618. The second-order valence-electron chi connectivity index (χ2n) is 3.91. The second-order valence-corrected chi connectivity index (χ2v) is 4.34.